The summed E-state index contributed by atoms with van der Waals surface area (Å²) in [5.41, 5.74) is 16.5. The van der Waals surface area contributed by atoms with Crippen LogP contribution in [0.15, 0.2) is 97.1 Å². The lowest BCUT2D eigenvalue weighted by Gasteiger charge is -2.34. The van der Waals surface area contributed by atoms with Gasteiger partial charge in [-0.2, -0.15) is 0 Å². The maximum atomic E-state index is 2.59. The van der Waals surface area contributed by atoms with Crippen LogP contribution >= 0.6 is 0 Å². The van der Waals surface area contributed by atoms with E-state index in [9.17, 15) is 0 Å². The average Bonchev–Trinajstić information content (AvgIpc) is 3.56. The molecule has 0 bridgehead atoms. The molecule has 0 N–H and O–H groups in total. The lowest BCUT2D eigenvalue weighted by Crippen LogP contribution is -2.23. The van der Waals surface area contributed by atoms with Crippen molar-refractivity contribution in [2.24, 2.45) is 0 Å². The van der Waals surface area contributed by atoms with Crippen molar-refractivity contribution in [2.75, 3.05) is 4.90 Å². The second-order valence-electron chi connectivity index (χ2n) is 18.1. The van der Waals surface area contributed by atoms with E-state index in [-0.39, 0.29) is 10.8 Å². The van der Waals surface area contributed by atoms with Crippen molar-refractivity contribution in [3.05, 3.63) is 130 Å². The highest BCUT2D eigenvalue weighted by atomic mass is 15.1. The van der Waals surface area contributed by atoms with Gasteiger partial charge in [0.15, 0.2) is 0 Å². The SMILES string of the molecule is CCCCCCc1cc(N(c2ccc(C(C)(CC)CC)c(CCCCCC)c2)c2ccc3c(c2)c2cc(C)ccc2n3-c2ccc(C)cc2)ccc1C(C)(CC)CC. The minimum absolute atomic E-state index is 0.163. The monoisotopic (exact) mass is 775 g/mol. The zero-order valence-corrected chi connectivity index (χ0v) is 38.0. The van der Waals surface area contributed by atoms with E-state index in [0.29, 0.717) is 0 Å². The van der Waals surface area contributed by atoms with Gasteiger partial charge in [-0.15, -0.1) is 0 Å². The van der Waals surface area contributed by atoms with E-state index in [4.69, 9.17) is 0 Å². The molecule has 0 aliphatic carbocycles. The van der Waals surface area contributed by atoms with Gasteiger partial charge in [0.2, 0.25) is 0 Å². The Morgan fingerprint density at radius 2 is 0.879 bits per heavy atom. The van der Waals surface area contributed by atoms with Gasteiger partial charge in [0, 0.05) is 33.5 Å². The number of hydrogen-bond donors (Lipinski definition) is 0. The van der Waals surface area contributed by atoms with E-state index in [1.54, 1.807) is 11.1 Å². The molecule has 1 heterocycles. The highest BCUT2D eigenvalue weighted by molar-refractivity contribution is 6.11. The Hall–Kier alpha value is -4.30. The zero-order valence-electron chi connectivity index (χ0n) is 38.0. The van der Waals surface area contributed by atoms with Crippen LogP contribution in [0.3, 0.4) is 0 Å². The predicted molar refractivity (Wildman–Crippen MR) is 256 cm³/mol. The normalized spacial score (nSPS) is 12.2. The number of unbranched alkanes of at least 4 members (excludes halogenated alkanes) is 6. The Labute approximate surface area is 353 Å². The molecule has 0 saturated heterocycles. The van der Waals surface area contributed by atoms with Gasteiger partial charge in [-0.1, -0.05) is 135 Å². The Morgan fingerprint density at radius 1 is 0.448 bits per heavy atom. The molecule has 0 atom stereocenters. The molecule has 0 amide bonds. The first kappa shape index (κ1) is 43.3. The Morgan fingerprint density at radius 3 is 1.36 bits per heavy atom. The average molecular weight is 775 g/mol. The van der Waals surface area contributed by atoms with Crippen molar-refractivity contribution in [3.8, 4) is 5.69 Å². The van der Waals surface area contributed by atoms with Crippen LogP contribution in [0.4, 0.5) is 17.1 Å². The highest BCUT2D eigenvalue weighted by Crippen LogP contribution is 2.44. The van der Waals surface area contributed by atoms with Crippen LogP contribution in [0.5, 0.6) is 0 Å². The molecule has 6 rings (SSSR count). The third-order valence-corrected chi connectivity index (χ3v) is 14.2. The van der Waals surface area contributed by atoms with Crippen molar-refractivity contribution in [3.63, 3.8) is 0 Å². The number of hydrogen-bond acceptors (Lipinski definition) is 1. The Kier molecular flexibility index (Phi) is 14.3. The summed E-state index contributed by atoms with van der Waals surface area (Å²) in [6.07, 6.45) is 17.0. The van der Waals surface area contributed by atoms with E-state index < -0.39 is 0 Å². The van der Waals surface area contributed by atoms with E-state index in [1.807, 2.05) is 0 Å². The molecule has 0 radical (unpaired) electrons. The summed E-state index contributed by atoms with van der Waals surface area (Å²) in [5, 5.41) is 2.60. The minimum atomic E-state index is 0.163. The molecule has 5 aromatic carbocycles. The van der Waals surface area contributed by atoms with Gasteiger partial charge in [0.1, 0.15) is 0 Å². The summed E-state index contributed by atoms with van der Waals surface area (Å²) < 4.78 is 2.46. The molecule has 58 heavy (non-hydrogen) atoms. The summed E-state index contributed by atoms with van der Waals surface area (Å²) in [4.78, 5) is 2.59. The maximum Gasteiger partial charge on any atom is 0.0542 e. The van der Waals surface area contributed by atoms with Crippen molar-refractivity contribution >= 4 is 38.9 Å². The topological polar surface area (TPSA) is 8.17 Å². The summed E-state index contributed by atoms with van der Waals surface area (Å²) in [6, 6.07) is 38.2. The van der Waals surface area contributed by atoms with Gasteiger partial charge in [0.25, 0.3) is 0 Å². The van der Waals surface area contributed by atoms with Gasteiger partial charge >= 0.3 is 0 Å². The number of nitrogens with zero attached hydrogens (tertiary/aromatic N) is 2. The van der Waals surface area contributed by atoms with E-state index in [1.165, 1.54) is 118 Å². The molecule has 1 aromatic heterocycles. The maximum absolute atomic E-state index is 2.59. The number of anilines is 3. The minimum Gasteiger partial charge on any atom is -0.310 e. The zero-order chi connectivity index (χ0) is 41.5. The molecule has 2 nitrogen and oxygen atoms in total. The number of aromatic nitrogens is 1. The lowest BCUT2D eigenvalue weighted by molar-refractivity contribution is 0.434. The molecule has 0 aliphatic heterocycles. The van der Waals surface area contributed by atoms with Crippen LogP contribution in [-0.4, -0.2) is 4.57 Å². The summed E-state index contributed by atoms with van der Waals surface area (Å²) >= 11 is 0. The van der Waals surface area contributed by atoms with Crippen LogP contribution < -0.4 is 4.90 Å². The molecule has 0 saturated carbocycles. The van der Waals surface area contributed by atoms with E-state index >= 15 is 0 Å². The molecule has 2 heteroatoms. The van der Waals surface area contributed by atoms with Crippen molar-refractivity contribution < 1.29 is 0 Å². The van der Waals surface area contributed by atoms with Gasteiger partial charge in [-0.25, -0.2) is 0 Å². The highest BCUT2D eigenvalue weighted by Gasteiger charge is 2.29. The van der Waals surface area contributed by atoms with Gasteiger partial charge in [0.05, 0.1) is 11.0 Å². The number of benzene rings is 5. The number of aryl methyl sites for hydroxylation is 4. The van der Waals surface area contributed by atoms with Gasteiger partial charge in [-0.05, 0) is 165 Å². The first-order valence-electron chi connectivity index (χ1n) is 23.2. The van der Waals surface area contributed by atoms with E-state index in [2.05, 4.69) is 176 Å². The largest absolute Gasteiger partial charge is 0.310 e. The van der Waals surface area contributed by atoms with Crippen LogP contribution in [0, 0.1) is 13.8 Å². The second-order valence-corrected chi connectivity index (χ2v) is 18.1. The van der Waals surface area contributed by atoms with Gasteiger partial charge in [-0.3, -0.25) is 0 Å². The smallest absolute Gasteiger partial charge is 0.0542 e. The first-order chi connectivity index (χ1) is 28.0. The second kappa shape index (κ2) is 19.2. The molecule has 0 spiro atoms. The fraction of sp³-hybridized carbons (Fsp3) is 0.464. The molecule has 0 fully saturated rings. The standard InChI is InChI=1S/C56H74N2/c1-11-17-19-21-23-43-38-46(30-33-51(43)55(9,13-3)14-4)57(47-31-34-52(56(10,15-5)16-6)44(39-47)24-22-20-18-12-2)48-32-36-54-50(40-48)49-37-42(8)27-35-53(49)58(54)45-28-25-41(7)26-29-45/h25-40H,11-24H2,1-10H3. The molecule has 6 aromatic rings. The molecule has 308 valence electrons. The van der Waals surface area contributed by atoms with Crippen molar-refractivity contribution in [1.82, 2.24) is 4.57 Å². The van der Waals surface area contributed by atoms with E-state index in [0.717, 1.165) is 38.5 Å². The first-order valence-corrected chi connectivity index (χ1v) is 23.2. The molecule has 0 unspecified atom stereocenters. The van der Waals surface area contributed by atoms with Gasteiger partial charge < -0.3 is 9.47 Å². The predicted octanol–water partition coefficient (Wildman–Crippen LogP) is 17.3. The van der Waals surface area contributed by atoms with Crippen molar-refractivity contribution in [1.29, 1.82) is 0 Å². The van der Waals surface area contributed by atoms with Crippen LogP contribution in [0.2, 0.25) is 0 Å². The quantitative estimate of drug-likeness (QED) is 0.0701. The fourth-order valence-electron chi connectivity index (χ4n) is 9.46. The molecular weight excluding hydrogens is 701 g/mol. The summed E-state index contributed by atoms with van der Waals surface area (Å²) in [5.74, 6) is 0. The molecule has 0 aliphatic rings. The van der Waals surface area contributed by atoms with Crippen LogP contribution in [0.25, 0.3) is 27.5 Å². The molecular formula is C56H74N2. The fourth-order valence-corrected chi connectivity index (χ4v) is 9.46. The summed E-state index contributed by atoms with van der Waals surface area (Å²) in [7, 11) is 0. The van der Waals surface area contributed by atoms with Crippen LogP contribution in [0.1, 0.15) is 166 Å². The number of fused-ring (bicyclic) bond motifs is 3. The third-order valence-electron chi connectivity index (χ3n) is 14.2. The third kappa shape index (κ3) is 8.97. The summed E-state index contributed by atoms with van der Waals surface area (Å²) in [6.45, 7) is 23.5. The Balaban J connectivity index is 1.61. The van der Waals surface area contributed by atoms with Crippen LogP contribution in [-0.2, 0) is 23.7 Å². The Bertz CT molecular complexity index is 2180. The number of rotatable bonds is 20. The van der Waals surface area contributed by atoms with Crippen molar-refractivity contribution in [2.45, 2.75) is 170 Å². The lowest BCUT2D eigenvalue weighted by atomic mass is 9.74.